The second-order valence-corrected chi connectivity index (χ2v) is 4.89. The zero-order valence-corrected chi connectivity index (χ0v) is 11.8. The summed E-state index contributed by atoms with van der Waals surface area (Å²) in [4.78, 5) is 9.75. The molecule has 0 bridgehead atoms. The van der Waals surface area contributed by atoms with E-state index in [1.807, 2.05) is 0 Å². The van der Waals surface area contributed by atoms with Gasteiger partial charge in [-0.05, 0) is 20.5 Å². The first kappa shape index (κ1) is 14.5. The van der Waals surface area contributed by atoms with Crippen molar-refractivity contribution >= 4 is 11.6 Å². The molecule has 0 saturated carbocycles. The minimum absolute atomic E-state index is 0.605. The van der Waals surface area contributed by atoms with Crippen molar-refractivity contribution in [3.63, 3.8) is 0 Å². The molecule has 0 aliphatic heterocycles. The molecule has 2 N–H and O–H groups in total. The summed E-state index contributed by atoms with van der Waals surface area (Å²) in [5, 5.41) is 3.95. The summed E-state index contributed by atoms with van der Waals surface area (Å²) in [6.45, 7) is 4.90. The van der Waals surface area contributed by atoms with E-state index in [1.54, 1.807) is 0 Å². The Balaban J connectivity index is 2.34. The fourth-order valence-electron chi connectivity index (χ4n) is 1.54. The fourth-order valence-corrected chi connectivity index (χ4v) is 1.75. The van der Waals surface area contributed by atoms with Gasteiger partial charge in [-0.25, -0.2) is 4.98 Å². The molecule has 5 heteroatoms. The highest BCUT2D eigenvalue weighted by molar-refractivity contribution is 6.30. The predicted octanol–water partition coefficient (Wildman–Crippen LogP) is 2.06. The molecule has 0 saturated heterocycles. The maximum absolute atomic E-state index is 6.07. The number of hydrogen-bond donors (Lipinski definition) is 2. The van der Waals surface area contributed by atoms with E-state index >= 15 is 0 Å². The summed E-state index contributed by atoms with van der Waals surface area (Å²) < 4.78 is 0. The number of aromatic nitrogens is 2. The van der Waals surface area contributed by atoms with Gasteiger partial charge in [0, 0.05) is 26.1 Å². The molecule has 1 aromatic heterocycles. The van der Waals surface area contributed by atoms with Crippen LogP contribution in [0.3, 0.4) is 0 Å². The van der Waals surface area contributed by atoms with Gasteiger partial charge in [0.25, 0.3) is 0 Å². The SMILES string of the molecule is CCCCc1nc(Cl)c(CNCCN(C)C)[nH]1. The quantitative estimate of drug-likeness (QED) is 0.702. The van der Waals surface area contributed by atoms with Crippen molar-refractivity contribution in [3.05, 3.63) is 16.7 Å². The van der Waals surface area contributed by atoms with Gasteiger partial charge in [-0.2, -0.15) is 0 Å². The van der Waals surface area contributed by atoms with E-state index in [0.717, 1.165) is 44.0 Å². The summed E-state index contributed by atoms with van der Waals surface area (Å²) >= 11 is 6.07. The lowest BCUT2D eigenvalue weighted by Crippen LogP contribution is -2.26. The molecule has 0 unspecified atom stereocenters. The molecule has 0 aliphatic rings. The predicted molar refractivity (Wildman–Crippen MR) is 72.5 cm³/mol. The van der Waals surface area contributed by atoms with Gasteiger partial charge >= 0.3 is 0 Å². The molecule has 1 rings (SSSR count). The van der Waals surface area contributed by atoms with E-state index in [9.17, 15) is 0 Å². The Morgan fingerprint density at radius 1 is 1.41 bits per heavy atom. The number of aryl methyl sites for hydroxylation is 1. The topological polar surface area (TPSA) is 44.0 Å². The normalized spacial score (nSPS) is 11.4. The minimum Gasteiger partial charge on any atom is -0.344 e. The second kappa shape index (κ2) is 7.69. The lowest BCUT2D eigenvalue weighted by atomic mass is 10.2. The molecular weight excluding hydrogens is 236 g/mol. The fraction of sp³-hybridized carbons (Fsp3) is 0.750. The van der Waals surface area contributed by atoms with Crippen molar-refractivity contribution in [2.45, 2.75) is 32.7 Å². The zero-order chi connectivity index (χ0) is 12.7. The van der Waals surface area contributed by atoms with Crippen molar-refractivity contribution in [1.29, 1.82) is 0 Å². The summed E-state index contributed by atoms with van der Waals surface area (Å²) in [7, 11) is 4.13. The molecule has 17 heavy (non-hydrogen) atoms. The Kier molecular flexibility index (Phi) is 6.55. The monoisotopic (exact) mass is 258 g/mol. The first-order valence-electron chi connectivity index (χ1n) is 6.22. The standard InChI is InChI=1S/C12H23ClN4/c1-4-5-6-11-15-10(12(13)16-11)9-14-7-8-17(2)3/h14H,4-9H2,1-3H3,(H,15,16). The Morgan fingerprint density at radius 2 is 2.18 bits per heavy atom. The molecule has 0 aromatic carbocycles. The summed E-state index contributed by atoms with van der Waals surface area (Å²) in [5.41, 5.74) is 0.997. The highest BCUT2D eigenvalue weighted by atomic mass is 35.5. The summed E-state index contributed by atoms with van der Waals surface area (Å²) in [6.07, 6.45) is 3.31. The number of halogens is 1. The number of imidazole rings is 1. The van der Waals surface area contributed by atoms with Gasteiger partial charge in [0.15, 0.2) is 5.15 Å². The van der Waals surface area contributed by atoms with Crippen LogP contribution in [-0.4, -0.2) is 42.1 Å². The first-order valence-corrected chi connectivity index (χ1v) is 6.60. The molecule has 1 heterocycles. The van der Waals surface area contributed by atoms with Crippen molar-refractivity contribution < 1.29 is 0 Å². The van der Waals surface area contributed by atoms with Crippen LogP contribution in [0.2, 0.25) is 5.15 Å². The molecule has 0 amide bonds. The molecule has 0 radical (unpaired) electrons. The number of nitrogens with zero attached hydrogens (tertiary/aromatic N) is 2. The van der Waals surface area contributed by atoms with E-state index in [0.29, 0.717) is 5.15 Å². The number of unbranched alkanes of at least 4 members (excludes halogenated alkanes) is 1. The molecule has 4 nitrogen and oxygen atoms in total. The average Bonchev–Trinajstić information content (AvgIpc) is 2.62. The van der Waals surface area contributed by atoms with Crippen molar-refractivity contribution in [2.75, 3.05) is 27.2 Å². The largest absolute Gasteiger partial charge is 0.344 e. The molecule has 0 atom stereocenters. The van der Waals surface area contributed by atoms with Crippen molar-refractivity contribution in [2.24, 2.45) is 0 Å². The molecule has 0 aliphatic carbocycles. The molecule has 98 valence electrons. The van der Waals surface area contributed by atoms with Crippen LogP contribution in [0.1, 0.15) is 31.3 Å². The maximum Gasteiger partial charge on any atom is 0.151 e. The third kappa shape index (κ3) is 5.52. The van der Waals surface area contributed by atoms with Crippen LogP contribution >= 0.6 is 11.6 Å². The third-order valence-electron chi connectivity index (χ3n) is 2.58. The molecule has 0 spiro atoms. The van der Waals surface area contributed by atoms with Crippen LogP contribution in [0, 0.1) is 0 Å². The Morgan fingerprint density at radius 3 is 2.82 bits per heavy atom. The van der Waals surface area contributed by atoms with Crippen LogP contribution in [0.4, 0.5) is 0 Å². The van der Waals surface area contributed by atoms with Gasteiger partial charge in [0.1, 0.15) is 5.82 Å². The Labute approximate surface area is 109 Å². The van der Waals surface area contributed by atoms with Gasteiger partial charge < -0.3 is 15.2 Å². The molecule has 1 aromatic rings. The Bertz CT molecular complexity index is 322. The van der Waals surface area contributed by atoms with E-state index in [-0.39, 0.29) is 0 Å². The van der Waals surface area contributed by atoms with Crippen LogP contribution in [-0.2, 0) is 13.0 Å². The zero-order valence-electron chi connectivity index (χ0n) is 11.0. The minimum atomic E-state index is 0.605. The van der Waals surface area contributed by atoms with E-state index in [1.165, 1.54) is 6.42 Å². The first-order chi connectivity index (χ1) is 8.13. The maximum atomic E-state index is 6.07. The smallest absolute Gasteiger partial charge is 0.151 e. The number of hydrogen-bond acceptors (Lipinski definition) is 3. The van der Waals surface area contributed by atoms with Gasteiger partial charge in [-0.3, -0.25) is 0 Å². The van der Waals surface area contributed by atoms with E-state index in [4.69, 9.17) is 11.6 Å². The number of aromatic amines is 1. The van der Waals surface area contributed by atoms with E-state index in [2.05, 4.69) is 41.2 Å². The highest BCUT2D eigenvalue weighted by Gasteiger charge is 2.07. The second-order valence-electron chi connectivity index (χ2n) is 4.54. The average molecular weight is 259 g/mol. The molecule has 0 fully saturated rings. The van der Waals surface area contributed by atoms with Crippen molar-refractivity contribution in [3.8, 4) is 0 Å². The highest BCUT2D eigenvalue weighted by Crippen LogP contribution is 2.13. The van der Waals surface area contributed by atoms with Crippen molar-refractivity contribution in [1.82, 2.24) is 20.2 Å². The number of H-pyrrole nitrogens is 1. The van der Waals surface area contributed by atoms with Crippen LogP contribution in [0.5, 0.6) is 0 Å². The lowest BCUT2D eigenvalue weighted by Gasteiger charge is -2.09. The van der Waals surface area contributed by atoms with E-state index < -0.39 is 0 Å². The van der Waals surface area contributed by atoms with Crippen LogP contribution in [0.25, 0.3) is 0 Å². The van der Waals surface area contributed by atoms with Gasteiger partial charge in [0.2, 0.25) is 0 Å². The Hall–Kier alpha value is -0.580. The molecular formula is C12H23ClN4. The summed E-state index contributed by atoms with van der Waals surface area (Å²) in [5.74, 6) is 1.00. The van der Waals surface area contributed by atoms with Crippen LogP contribution < -0.4 is 5.32 Å². The summed E-state index contributed by atoms with van der Waals surface area (Å²) in [6, 6.07) is 0. The van der Waals surface area contributed by atoms with Gasteiger partial charge in [-0.1, -0.05) is 24.9 Å². The third-order valence-corrected chi connectivity index (χ3v) is 2.89. The number of rotatable bonds is 8. The van der Waals surface area contributed by atoms with Gasteiger partial charge in [0.05, 0.1) is 5.69 Å². The van der Waals surface area contributed by atoms with Crippen LogP contribution in [0.15, 0.2) is 0 Å². The van der Waals surface area contributed by atoms with Gasteiger partial charge in [-0.15, -0.1) is 0 Å². The lowest BCUT2D eigenvalue weighted by molar-refractivity contribution is 0.399. The number of nitrogens with one attached hydrogen (secondary N) is 2. The number of likely N-dealkylation sites (N-methyl/N-ethyl adjacent to an activating group) is 1.